The number of aliphatic carboxylic acids is 1. The number of hydrogen-bond acceptors (Lipinski definition) is 2. The summed E-state index contributed by atoms with van der Waals surface area (Å²) in [5.41, 5.74) is 1.91. The number of methoxy groups -OCH3 is 1. The molecule has 18 heavy (non-hydrogen) atoms. The van der Waals surface area contributed by atoms with Crippen molar-refractivity contribution < 1.29 is 14.6 Å². The van der Waals surface area contributed by atoms with Crippen molar-refractivity contribution in [2.24, 2.45) is 5.92 Å². The molecule has 0 bridgehead atoms. The standard InChI is InChI=1S/C15H20O3/c1-10-7-8-12(9-13(10)18-2)14(15(16)17)11-5-3-4-6-11/h7-9,11,14H,3-6H2,1-2H3,(H,16,17). The van der Waals surface area contributed by atoms with Gasteiger partial charge in [0.05, 0.1) is 13.0 Å². The number of carboxylic acid groups (broad SMARTS) is 1. The molecule has 0 radical (unpaired) electrons. The summed E-state index contributed by atoms with van der Waals surface area (Å²) in [7, 11) is 1.62. The summed E-state index contributed by atoms with van der Waals surface area (Å²) in [5, 5.41) is 9.48. The molecular weight excluding hydrogens is 228 g/mol. The molecule has 1 fully saturated rings. The third-order valence-corrected chi connectivity index (χ3v) is 3.93. The largest absolute Gasteiger partial charge is 0.496 e. The van der Waals surface area contributed by atoms with Crippen LogP contribution in [0.2, 0.25) is 0 Å². The van der Waals surface area contributed by atoms with Crippen LogP contribution in [-0.4, -0.2) is 18.2 Å². The zero-order chi connectivity index (χ0) is 13.1. The van der Waals surface area contributed by atoms with Crippen LogP contribution in [0.15, 0.2) is 18.2 Å². The Morgan fingerprint density at radius 2 is 2.06 bits per heavy atom. The zero-order valence-corrected chi connectivity index (χ0v) is 11.0. The summed E-state index contributed by atoms with van der Waals surface area (Å²) >= 11 is 0. The van der Waals surface area contributed by atoms with Crippen LogP contribution in [0.25, 0.3) is 0 Å². The maximum absolute atomic E-state index is 11.5. The lowest BCUT2D eigenvalue weighted by atomic mass is 9.84. The molecule has 0 saturated heterocycles. The summed E-state index contributed by atoms with van der Waals surface area (Å²) in [4.78, 5) is 11.5. The van der Waals surface area contributed by atoms with Crippen LogP contribution in [0.5, 0.6) is 5.75 Å². The Morgan fingerprint density at radius 3 is 2.61 bits per heavy atom. The van der Waals surface area contributed by atoms with E-state index in [2.05, 4.69) is 0 Å². The predicted octanol–water partition coefficient (Wildman–Crippen LogP) is 3.36. The van der Waals surface area contributed by atoms with Crippen LogP contribution < -0.4 is 4.74 Å². The minimum absolute atomic E-state index is 0.273. The van der Waals surface area contributed by atoms with Crippen LogP contribution in [0, 0.1) is 12.8 Å². The third kappa shape index (κ3) is 2.50. The number of hydrogen-bond donors (Lipinski definition) is 1. The van der Waals surface area contributed by atoms with Gasteiger partial charge in [0.25, 0.3) is 0 Å². The Kier molecular flexibility index (Phi) is 3.90. The highest BCUT2D eigenvalue weighted by Crippen LogP contribution is 2.38. The fraction of sp³-hybridized carbons (Fsp3) is 0.533. The maximum Gasteiger partial charge on any atom is 0.311 e. The predicted molar refractivity (Wildman–Crippen MR) is 70.1 cm³/mol. The average Bonchev–Trinajstić information content (AvgIpc) is 2.84. The molecule has 3 nitrogen and oxygen atoms in total. The highest BCUT2D eigenvalue weighted by Gasteiger charge is 2.32. The SMILES string of the molecule is COc1cc(C(C(=O)O)C2CCCC2)ccc1C. The van der Waals surface area contributed by atoms with E-state index >= 15 is 0 Å². The number of ether oxygens (including phenoxy) is 1. The van der Waals surface area contributed by atoms with E-state index in [-0.39, 0.29) is 11.8 Å². The van der Waals surface area contributed by atoms with Crippen molar-refractivity contribution in [3.05, 3.63) is 29.3 Å². The van der Waals surface area contributed by atoms with E-state index in [0.717, 1.165) is 42.6 Å². The van der Waals surface area contributed by atoms with Gasteiger partial charge in [-0.05, 0) is 42.9 Å². The van der Waals surface area contributed by atoms with E-state index < -0.39 is 5.97 Å². The van der Waals surface area contributed by atoms with Crippen molar-refractivity contribution in [2.75, 3.05) is 7.11 Å². The van der Waals surface area contributed by atoms with Crippen molar-refractivity contribution in [2.45, 2.75) is 38.5 Å². The highest BCUT2D eigenvalue weighted by molar-refractivity contribution is 5.76. The minimum atomic E-state index is -0.715. The molecule has 2 rings (SSSR count). The second-order valence-electron chi connectivity index (χ2n) is 5.09. The number of carbonyl (C=O) groups is 1. The molecule has 1 saturated carbocycles. The first-order valence-corrected chi connectivity index (χ1v) is 6.51. The molecule has 1 N–H and O–H groups in total. The number of benzene rings is 1. The molecule has 1 atom stereocenters. The van der Waals surface area contributed by atoms with E-state index in [1.54, 1.807) is 7.11 Å². The first kappa shape index (κ1) is 12.9. The first-order chi connectivity index (χ1) is 8.63. The summed E-state index contributed by atoms with van der Waals surface area (Å²) in [6, 6.07) is 5.75. The molecular formula is C15H20O3. The summed E-state index contributed by atoms with van der Waals surface area (Å²) in [6.45, 7) is 1.97. The monoisotopic (exact) mass is 248 g/mol. The molecule has 98 valence electrons. The molecule has 0 amide bonds. The van der Waals surface area contributed by atoms with Crippen LogP contribution in [-0.2, 0) is 4.79 Å². The zero-order valence-electron chi connectivity index (χ0n) is 11.0. The van der Waals surface area contributed by atoms with Gasteiger partial charge in [-0.15, -0.1) is 0 Å². The lowest BCUT2D eigenvalue weighted by molar-refractivity contribution is -0.140. The van der Waals surface area contributed by atoms with Gasteiger partial charge in [-0.1, -0.05) is 25.0 Å². The van der Waals surface area contributed by atoms with E-state index in [4.69, 9.17) is 4.74 Å². The van der Waals surface area contributed by atoms with Gasteiger partial charge in [-0.25, -0.2) is 0 Å². The molecule has 0 aliphatic heterocycles. The van der Waals surface area contributed by atoms with Gasteiger partial charge in [-0.2, -0.15) is 0 Å². The van der Waals surface area contributed by atoms with E-state index in [0.29, 0.717) is 0 Å². The van der Waals surface area contributed by atoms with Gasteiger partial charge in [-0.3, -0.25) is 4.79 Å². The normalized spacial score (nSPS) is 17.7. The number of aryl methyl sites for hydroxylation is 1. The Hall–Kier alpha value is -1.51. The van der Waals surface area contributed by atoms with Gasteiger partial charge in [0.15, 0.2) is 0 Å². The molecule has 0 heterocycles. The fourth-order valence-electron chi connectivity index (χ4n) is 2.94. The van der Waals surface area contributed by atoms with E-state index in [1.165, 1.54) is 0 Å². The number of rotatable bonds is 4. The van der Waals surface area contributed by atoms with Crippen molar-refractivity contribution in [3.8, 4) is 5.75 Å². The van der Waals surface area contributed by atoms with Crippen LogP contribution in [0.1, 0.15) is 42.7 Å². The van der Waals surface area contributed by atoms with Gasteiger partial charge in [0, 0.05) is 0 Å². The first-order valence-electron chi connectivity index (χ1n) is 6.51. The average molecular weight is 248 g/mol. The van der Waals surface area contributed by atoms with Crippen LogP contribution in [0.3, 0.4) is 0 Å². The maximum atomic E-state index is 11.5. The lowest BCUT2D eigenvalue weighted by Crippen LogP contribution is -2.19. The molecule has 0 aromatic heterocycles. The lowest BCUT2D eigenvalue weighted by Gasteiger charge is -2.20. The quantitative estimate of drug-likeness (QED) is 0.888. The van der Waals surface area contributed by atoms with Crippen molar-refractivity contribution >= 4 is 5.97 Å². The summed E-state index contributed by atoms with van der Waals surface area (Å²) in [5.74, 6) is -0.0542. The van der Waals surface area contributed by atoms with Gasteiger partial charge in [0.2, 0.25) is 0 Å². The Bertz CT molecular complexity index is 433. The summed E-state index contributed by atoms with van der Waals surface area (Å²) in [6.07, 6.45) is 4.34. The smallest absolute Gasteiger partial charge is 0.311 e. The van der Waals surface area contributed by atoms with Crippen molar-refractivity contribution in [1.82, 2.24) is 0 Å². The third-order valence-electron chi connectivity index (χ3n) is 3.93. The molecule has 1 aromatic carbocycles. The van der Waals surface area contributed by atoms with Crippen LogP contribution in [0.4, 0.5) is 0 Å². The molecule has 0 spiro atoms. The van der Waals surface area contributed by atoms with E-state index in [1.807, 2.05) is 25.1 Å². The van der Waals surface area contributed by atoms with Gasteiger partial charge < -0.3 is 9.84 Å². The molecule has 1 aromatic rings. The molecule has 1 unspecified atom stereocenters. The molecule has 1 aliphatic rings. The fourth-order valence-corrected chi connectivity index (χ4v) is 2.94. The molecule has 1 aliphatic carbocycles. The Balaban J connectivity index is 2.33. The van der Waals surface area contributed by atoms with Gasteiger partial charge >= 0.3 is 5.97 Å². The summed E-state index contributed by atoms with van der Waals surface area (Å²) < 4.78 is 5.29. The van der Waals surface area contributed by atoms with E-state index in [9.17, 15) is 9.90 Å². The topological polar surface area (TPSA) is 46.5 Å². The van der Waals surface area contributed by atoms with Crippen molar-refractivity contribution in [1.29, 1.82) is 0 Å². The Labute approximate surface area is 108 Å². The second-order valence-corrected chi connectivity index (χ2v) is 5.09. The van der Waals surface area contributed by atoms with Gasteiger partial charge in [0.1, 0.15) is 5.75 Å². The van der Waals surface area contributed by atoms with Crippen molar-refractivity contribution in [3.63, 3.8) is 0 Å². The molecule has 3 heteroatoms. The second kappa shape index (κ2) is 5.42. The van der Waals surface area contributed by atoms with Crippen LogP contribution >= 0.6 is 0 Å². The Morgan fingerprint density at radius 1 is 1.39 bits per heavy atom. The number of carboxylic acids is 1. The highest BCUT2D eigenvalue weighted by atomic mass is 16.5. The minimum Gasteiger partial charge on any atom is -0.496 e.